The van der Waals surface area contributed by atoms with Crippen molar-refractivity contribution in [1.29, 1.82) is 0 Å². The summed E-state index contributed by atoms with van der Waals surface area (Å²) in [5.74, 6) is -1.45. The van der Waals surface area contributed by atoms with Crippen molar-refractivity contribution >= 4 is 18.0 Å². The molecular weight excluding hydrogens is 276 g/mol. The molecule has 0 aliphatic carbocycles. The maximum atomic E-state index is 11.7. The highest BCUT2D eigenvalue weighted by molar-refractivity contribution is 5.86. The molecule has 0 aliphatic rings. The number of amides is 2. The van der Waals surface area contributed by atoms with E-state index in [0.29, 0.717) is 6.54 Å². The quantitative estimate of drug-likeness (QED) is 0.695. The van der Waals surface area contributed by atoms with Crippen molar-refractivity contribution < 1.29 is 24.2 Å². The second-order valence-electron chi connectivity index (χ2n) is 5.03. The molecule has 0 rings (SSSR count). The predicted octanol–water partition coefficient (Wildman–Crippen LogP) is 1.91. The number of carbonyl (C=O) groups is 3. The van der Waals surface area contributed by atoms with Gasteiger partial charge in [0.1, 0.15) is 11.6 Å². The van der Waals surface area contributed by atoms with Crippen LogP contribution in [0.3, 0.4) is 0 Å². The van der Waals surface area contributed by atoms with Crippen LogP contribution in [0, 0.1) is 0 Å². The molecule has 3 N–H and O–H groups in total. The van der Waals surface area contributed by atoms with Gasteiger partial charge in [-0.3, -0.25) is 9.59 Å². The van der Waals surface area contributed by atoms with E-state index in [9.17, 15) is 14.4 Å². The Bertz CT molecular complexity index is 337. The summed E-state index contributed by atoms with van der Waals surface area (Å²) in [7, 11) is 0. The van der Waals surface area contributed by atoms with Crippen LogP contribution >= 0.6 is 0 Å². The molecule has 0 spiro atoms. The van der Waals surface area contributed by atoms with Crippen molar-refractivity contribution in [3.63, 3.8) is 0 Å². The Balaban J connectivity index is 0. The number of hydrogen-bond donors (Lipinski definition) is 3. The molecule has 1 unspecified atom stereocenters. The summed E-state index contributed by atoms with van der Waals surface area (Å²) in [6, 6.07) is -0.911. The molecule has 0 radical (unpaired) electrons. The van der Waals surface area contributed by atoms with Crippen LogP contribution < -0.4 is 10.6 Å². The van der Waals surface area contributed by atoms with E-state index in [2.05, 4.69) is 10.6 Å². The largest absolute Gasteiger partial charge is 0.481 e. The number of hydrogen-bond acceptors (Lipinski definition) is 4. The molecule has 0 aliphatic heterocycles. The summed E-state index contributed by atoms with van der Waals surface area (Å²) >= 11 is 0. The van der Waals surface area contributed by atoms with Gasteiger partial charge < -0.3 is 20.5 Å². The number of alkyl carbamates (subject to hydrolysis) is 1. The van der Waals surface area contributed by atoms with Gasteiger partial charge in [-0.2, -0.15) is 0 Å². The van der Waals surface area contributed by atoms with E-state index in [-0.39, 0.29) is 12.8 Å². The Kier molecular flexibility index (Phi) is 11.2. The van der Waals surface area contributed by atoms with Gasteiger partial charge in [-0.25, -0.2) is 4.79 Å². The van der Waals surface area contributed by atoms with Crippen molar-refractivity contribution in [3.05, 3.63) is 0 Å². The van der Waals surface area contributed by atoms with Crippen LogP contribution in [0.5, 0.6) is 0 Å². The minimum Gasteiger partial charge on any atom is -0.481 e. The third kappa shape index (κ3) is 13.0. The fourth-order valence-corrected chi connectivity index (χ4v) is 1.28. The van der Waals surface area contributed by atoms with E-state index in [1.54, 1.807) is 27.7 Å². The van der Waals surface area contributed by atoms with Gasteiger partial charge in [0.25, 0.3) is 0 Å². The third-order valence-electron chi connectivity index (χ3n) is 2.01. The molecule has 7 heteroatoms. The van der Waals surface area contributed by atoms with Gasteiger partial charge in [-0.15, -0.1) is 0 Å². The molecule has 1 atom stereocenters. The summed E-state index contributed by atoms with van der Waals surface area (Å²) in [5.41, 5.74) is -0.678. The van der Waals surface area contributed by atoms with Gasteiger partial charge in [0, 0.05) is 13.0 Å². The molecule has 0 aromatic carbocycles. The topological polar surface area (TPSA) is 105 Å². The summed E-state index contributed by atoms with van der Waals surface area (Å²) in [6.45, 7) is 11.2. The lowest BCUT2D eigenvalue weighted by molar-refractivity contribution is -0.137. The third-order valence-corrected chi connectivity index (χ3v) is 2.01. The molecule has 0 aromatic rings. The zero-order chi connectivity index (χ0) is 17.1. The number of nitrogens with one attached hydrogen (secondary N) is 2. The molecule has 7 nitrogen and oxygen atoms in total. The van der Waals surface area contributed by atoms with E-state index in [4.69, 9.17) is 9.84 Å². The number of carbonyl (C=O) groups excluding carboxylic acids is 2. The Labute approximate surface area is 126 Å². The molecule has 2 amide bonds. The fraction of sp³-hybridized carbons (Fsp3) is 0.786. The van der Waals surface area contributed by atoms with Gasteiger partial charge in [-0.05, 0) is 34.1 Å². The summed E-state index contributed by atoms with van der Waals surface area (Å²) in [6.07, 6.45) is -0.938. The van der Waals surface area contributed by atoms with Crippen molar-refractivity contribution in [2.75, 3.05) is 6.54 Å². The molecule has 124 valence electrons. The highest BCUT2D eigenvalue weighted by atomic mass is 16.6. The Morgan fingerprint density at radius 1 is 1.19 bits per heavy atom. The molecule has 0 heterocycles. The first-order valence-electron chi connectivity index (χ1n) is 7.14. The van der Waals surface area contributed by atoms with Crippen LogP contribution in [0.2, 0.25) is 0 Å². The van der Waals surface area contributed by atoms with Crippen molar-refractivity contribution in [3.8, 4) is 0 Å². The average molecular weight is 304 g/mol. The Hall–Kier alpha value is -1.79. The molecule has 0 aromatic heterocycles. The first-order valence-corrected chi connectivity index (χ1v) is 7.14. The smallest absolute Gasteiger partial charge is 0.408 e. The maximum absolute atomic E-state index is 11.7. The monoisotopic (exact) mass is 304 g/mol. The normalized spacial score (nSPS) is 11.5. The molecular formula is C14H28N2O5. The van der Waals surface area contributed by atoms with Gasteiger partial charge in [0.15, 0.2) is 0 Å². The van der Waals surface area contributed by atoms with Crippen LogP contribution in [-0.2, 0) is 14.3 Å². The van der Waals surface area contributed by atoms with E-state index in [0.717, 1.165) is 0 Å². The highest BCUT2D eigenvalue weighted by Gasteiger charge is 2.24. The lowest BCUT2D eigenvalue weighted by Gasteiger charge is -2.23. The van der Waals surface area contributed by atoms with Crippen molar-refractivity contribution in [2.45, 2.75) is 66.0 Å². The zero-order valence-corrected chi connectivity index (χ0v) is 13.8. The number of likely N-dealkylation sites (N-methyl/N-ethyl adjacent to an activating group) is 1. The van der Waals surface area contributed by atoms with E-state index < -0.39 is 29.6 Å². The van der Waals surface area contributed by atoms with Crippen LogP contribution in [0.1, 0.15) is 54.4 Å². The van der Waals surface area contributed by atoms with E-state index >= 15 is 0 Å². The first kappa shape index (κ1) is 21.5. The second kappa shape index (κ2) is 10.9. The summed E-state index contributed by atoms with van der Waals surface area (Å²) < 4.78 is 5.03. The van der Waals surface area contributed by atoms with Crippen LogP contribution in [0.25, 0.3) is 0 Å². The number of carboxylic acids is 1. The Morgan fingerprint density at radius 3 is 2.10 bits per heavy atom. The maximum Gasteiger partial charge on any atom is 0.408 e. The molecule has 0 fully saturated rings. The molecule has 21 heavy (non-hydrogen) atoms. The van der Waals surface area contributed by atoms with Crippen LogP contribution in [0.4, 0.5) is 4.79 Å². The zero-order valence-electron chi connectivity index (χ0n) is 13.8. The minimum absolute atomic E-state index is 0.0143. The SMILES string of the molecule is CC.CCNC(=O)C(CCC(=O)O)NC(=O)OC(C)(C)C. The lowest BCUT2D eigenvalue weighted by Crippen LogP contribution is -2.48. The lowest BCUT2D eigenvalue weighted by atomic mass is 10.1. The molecule has 0 saturated carbocycles. The Morgan fingerprint density at radius 2 is 1.71 bits per heavy atom. The standard InChI is InChI=1S/C12H22N2O5.C2H6/c1-5-13-10(17)8(6-7-9(15)16)14-11(18)19-12(2,3)4;1-2/h8H,5-7H2,1-4H3,(H,13,17)(H,14,18)(H,15,16);1-2H3. The fourth-order valence-electron chi connectivity index (χ4n) is 1.28. The van der Waals surface area contributed by atoms with Gasteiger partial charge in [0.05, 0.1) is 0 Å². The molecule has 0 saturated heterocycles. The van der Waals surface area contributed by atoms with Gasteiger partial charge in [0.2, 0.25) is 5.91 Å². The van der Waals surface area contributed by atoms with Crippen LogP contribution in [0.15, 0.2) is 0 Å². The first-order chi connectivity index (χ1) is 9.65. The highest BCUT2D eigenvalue weighted by Crippen LogP contribution is 2.07. The number of aliphatic carboxylic acids is 1. The van der Waals surface area contributed by atoms with E-state index in [1.807, 2.05) is 13.8 Å². The second-order valence-corrected chi connectivity index (χ2v) is 5.03. The summed E-state index contributed by atoms with van der Waals surface area (Å²) in [4.78, 5) is 33.8. The number of carboxylic acid groups (broad SMARTS) is 1. The van der Waals surface area contributed by atoms with Gasteiger partial charge >= 0.3 is 12.1 Å². The van der Waals surface area contributed by atoms with Crippen molar-refractivity contribution in [1.82, 2.24) is 10.6 Å². The summed E-state index contributed by atoms with van der Waals surface area (Å²) in [5, 5.41) is 13.5. The van der Waals surface area contributed by atoms with E-state index in [1.165, 1.54) is 0 Å². The minimum atomic E-state index is -1.03. The number of rotatable bonds is 6. The molecule has 0 bridgehead atoms. The van der Waals surface area contributed by atoms with Crippen molar-refractivity contribution in [2.24, 2.45) is 0 Å². The predicted molar refractivity (Wildman–Crippen MR) is 80.1 cm³/mol. The van der Waals surface area contributed by atoms with Crippen LogP contribution in [-0.4, -0.2) is 41.3 Å². The van der Waals surface area contributed by atoms with Gasteiger partial charge in [-0.1, -0.05) is 13.8 Å². The average Bonchev–Trinajstić information content (AvgIpc) is 2.34. The number of ether oxygens (including phenoxy) is 1.